The van der Waals surface area contributed by atoms with Crippen LogP contribution in [-0.2, 0) is 11.2 Å². The van der Waals surface area contributed by atoms with Crippen LogP contribution in [0.25, 0.3) is 28.5 Å². The van der Waals surface area contributed by atoms with Crippen LogP contribution in [0.1, 0.15) is 43.5 Å². The molecule has 0 saturated carbocycles. The molecule has 4 aromatic rings. The van der Waals surface area contributed by atoms with Crippen LogP contribution in [0.5, 0.6) is 0 Å². The summed E-state index contributed by atoms with van der Waals surface area (Å²) >= 11 is 0. The SMILES string of the molecule is CCCc1c(-c2nc(-c3ccc(C(O)CN4CCC[C@H](C(=O)O)C4)cc3)no2)cnn1-c1ccccc1. The molecule has 0 radical (unpaired) electrons. The number of para-hydroxylation sites is 1. The van der Waals surface area contributed by atoms with Gasteiger partial charge in [0.25, 0.3) is 5.89 Å². The molecule has 192 valence electrons. The highest BCUT2D eigenvalue weighted by atomic mass is 16.5. The summed E-state index contributed by atoms with van der Waals surface area (Å²) in [5.74, 6) is -0.250. The van der Waals surface area contributed by atoms with Crippen molar-refractivity contribution < 1.29 is 19.5 Å². The summed E-state index contributed by atoms with van der Waals surface area (Å²) < 4.78 is 7.55. The zero-order valence-corrected chi connectivity index (χ0v) is 20.8. The van der Waals surface area contributed by atoms with Crippen LogP contribution in [0, 0.1) is 5.92 Å². The summed E-state index contributed by atoms with van der Waals surface area (Å²) in [5.41, 5.74) is 4.36. The molecule has 3 heterocycles. The predicted octanol–water partition coefficient (Wildman–Crippen LogP) is 4.37. The predicted molar refractivity (Wildman–Crippen MR) is 138 cm³/mol. The van der Waals surface area contributed by atoms with Crippen LogP contribution >= 0.6 is 0 Å². The van der Waals surface area contributed by atoms with Crippen LogP contribution in [-0.4, -0.2) is 60.6 Å². The molecule has 1 aliphatic heterocycles. The molecule has 0 spiro atoms. The van der Waals surface area contributed by atoms with Gasteiger partial charge in [-0.15, -0.1) is 0 Å². The summed E-state index contributed by atoms with van der Waals surface area (Å²) in [4.78, 5) is 18.0. The number of benzene rings is 2. The van der Waals surface area contributed by atoms with Gasteiger partial charge in [0.1, 0.15) is 0 Å². The lowest BCUT2D eigenvalue weighted by Crippen LogP contribution is -2.40. The van der Waals surface area contributed by atoms with E-state index in [2.05, 4.69) is 22.2 Å². The number of likely N-dealkylation sites (tertiary alicyclic amines) is 1. The Labute approximate surface area is 215 Å². The van der Waals surface area contributed by atoms with Crippen molar-refractivity contribution in [2.24, 2.45) is 5.92 Å². The Morgan fingerprint density at radius 2 is 1.95 bits per heavy atom. The standard InChI is InChI=1S/C28H31N5O4/c1-2-7-24-23(16-29-33(24)22-9-4-3-5-10-22)27-30-26(31-37-27)20-13-11-19(12-14-20)25(34)18-32-15-6-8-21(17-32)28(35)36/h3-5,9-14,16,21,25,34H,2,6-8,15,17-18H2,1H3,(H,35,36)/t21-,25?/m0/s1. The molecule has 9 nitrogen and oxygen atoms in total. The van der Waals surface area contributed by atoms with E-state index in [1.807, 2.05) is 64.2 Å². The van der Waals surface area contributed by atoms with Crippen molar-refractivity contribution in [3.8, 4) is 28.5 Å². The van der Waals surface area contributed by atoms with E-state index in [0.29, 0.717) is 31.2 Å². The smallest absolute Gasteiger partial charge is 0.307 e. The molecular weight excluding hydrogens is 470 g/mol. The molecule has 2 aromatic heterocycles. The number of hydrogen-bond donors (Lipinski definition) is 2. The number of aliphatic carboxylic acids is 1. The van der Waals surface area contributed by atoms with Crippen molar-refractivity contribution >= 4 is 5.97 Å². The molecule has 1 saturated heterocycles. The molecule has 9 heteroatoms. The number of hydrogen-bond acceptors (Lipinski definition) is 7. The van der Waals surface area contributed by atoms with Gasteiger partial charge in [-0.1, -0.05) is 61.0 Å². The maximum Gasteiger partial charge on any atom is 0.307 e. The zero-order valence-electron chi connectivity index (χ0n) is 20.8. The summed E-state index contributed by atoms with van der Waals surface area (Å²) in [6, 6.07) is 17.4. The van der Waals surface area contributed by atoms with E-state index in [-0.39, 0.29) is 5.92 Å². The Kier molecular flexibility index (Phi) is 7.43. The fraction of sp³-hybridized carbons (Fsp3) is 0.357. The van der Waals surface area contributed by atoms with E-state index >= 15 is 0 Å². The van der Waals surface area contributed by atoms with Crippen LogP contribution in [0.4, 0.5) is 0 Å². The second kappa shape index (κ2) is 11.1. The normalized spacial score (nSPS) is 17.1. The van der Waals surface area contributed by atoms with Crippen molar-refractivity contribution in [2.75, 3.05) is 19.6 Å². The fourth-order valence-electron chi connectivity index (χ4n) is 4.90. The Morgan fingerprint density at radius 1 is 1.16 bits per heavy atom. The molecule has 1 unspecified atom stereocenters. The third kappa shape index (κ3) is 5.47. The molecule has 0 bridgehead atoms. The van der Waals surface area contributed by atoms with E-state index in [4.69, 9.17) is 4.52 Å². The number of aliphatic hydroxyl groups excluding tert-OH is 1. The highest BCUT2D eigenvalue weighted by Crippen LogP contribution is 2.29. The number of carboxylic acids is 1. The second-order valence-corrected chi connectivity index (χ2v) is 9.50. The van der Waals surface area contributed by atoms with Gasteiger partial charge in [0.05, 0.1) is 35.2 Å². The van der Waals surface area contributed by atoms with E-state index < -0.39 is 12.1 Å². The van der Waals surface area contributed by atoms with Gasteiger partial charge < -0.3 is 14.7 Å². The van der Waals surface area contributed by atoms with Gasteiger partial charge >= 0.3 is 5.97 Å². The van der Waals surface area contributed by atoms with E-state index in [1.165, 1.54) is 0 Å². The van der Waals surface area contributed by atoms with Gasteiger partial charge in [-0.2, -0.15) is 10.1 Å². The lowest BCUT2D eigenvalue weighted by molar-refractivity contribution is -0.143. The highest BCUT2D eigenvalue weighted by molar-refractivity contribution is 5.70. The fourth-order valence-corrected chi connectivity index (χ4v) is 4.90. The van der Waals surface area contributed by atoms with Crippen LogP contribution in [0.15, 0.2) is 65.3 Å². The first-order valence-electron chi connectivity index (χ1n) is 12.7. The summed E-state index contributed by atoms with van der Waals surface area (Å²) in [6.45, 7) is 3.79. The first-order chi connectivity index (χ1) is 18.0. The van der Waals surface area contributed by atoms with Gasteiger partial charge in [0, 0.05) is 18.7 Å². The minimum Gasteiger partial charge on any atom is -0.481 e. The summed E-state index contributed by atoms with van der Waals surface area (Å²) in [7, 11) is 0. The van der Waals surface area contributed by atoms with Crippen molar-refractivity contribution in [2.45, 2.75) is 38.7 Å². The van der Waals surface area contributed by atoms with Gasteiger partial charge in [0.2, 0.25) is 5.82 Å². The zero-order chi connectivity index (χ0) is 25.8. The number of rotatable bonds is 9. The number of aliphatic hydroxyl groups is 1. The second-order valence-electron chi connectivity index (χ2n) is 9.50. The van der Waals surface area contributed by atoms with Gasteiger partial charge in [-0.3, -0.25) is 9.69 Å². The first kappa shape index (κ1) is 24.9. The summed E-state index contributed by atoms with van der Waals surface area (Å²) in [5, 5.41) is 28.8. The maximum atomic E-state index is 11.3. The van der Waals surface area contributed by atoms with Crippen molar-refractivity contribution in [3.63, 3.8) is 0 Å². The Balaban J connectivity index is 1.30. The van der Waals surface area contributed by atoms with Gasteiger partial charge in [0.15, 0.2) is 0 Å². The van der Waals surface area contributed by atoms with Crippen LogP contribution in [0.3, 0.4) is 0 Å². The summed E-state index contributed by atoms with van der Waals surface area (Å²) in [6.07, 6.45) is 4.35. The van der Waals surface area contributed by atoms with Crippen LogP contribution in [0.2, 0.25) is 0 Å². The average Bonchev–Trinajstić information content (AvgIpc) is 3.57. The number of aromatic nitrogens is 4. The lowest BCUT2D eigenvalue weighted by atomic mass is 9.97. The molecule has 2 aromatic carbocycles. The molecular formula is C28H31N5O4. The third-order valence-corrected chi connectivity index (χ3v) is 6.85. The van der Waals surface area contributed by atoms with E-state index in [1.54, 1.807) is 6.20 Å². The molecule has 1 fully saturated rings. The first-order valence-corrected chi connectivity index (χ1v) is 12.7. The van der Waals surface area contributed by atoms with Crippen molar-refractivity contribution in [1.82, 2.24) is 24.8 Å². The van der Waals surface area contributed by atoms with Crippen LogP contribution < -0.4 is 0 Å². The third-order valence-electron chi connectivity index (χ3n) is 6.85. The molecule has 0 aliphatic carbocycles. The monoisotopic (exact) mass is 501 g/mol. The number of nitrogens with zero attached hydrogens (tertiary/aromatic N) is 5. The molecule has 0 amide bonds. The highest BCUT2D eigenvalue weighted by Gasteiger charge is 2.27. The largest absolute Gasteiger partial charge is 0.481 e. The van der Waals surface area contributed by atoms with E-state index in [9.17, 15) is 15.0 Å². The van der Waals surface area contributed by atoms with Crippen molar-refractivity contribution in [1.29, 1.82) is 0 Å². The molecule has 1 aliphatic rings. The molecule has 5 rings (SSSR count). The minimum atomic E-state index is -0.766. The molecule has 37 heavy (non-hydrogen) atoms. The number of carbonyl (C=O) groups is 1. The van der Waals surface area contributed by atoms with E-state index in [0.717, 1.165) is 53.9 Å². The Morgan fingerprint density at radius 3 is 2.68 bits per heavy atom. The average molecular weight is 502 g/mol. The topological polar surface area (TPSA) is 118 Å². The maximum absolute atomic E-state index is 11.3. The quantitative estimate of drug-likeness (QED) is 0.347. The molecule has 2 N–H and O–H groups in total. The number of carboxylic acid groups (broad SMARTS) is 1. The number of β-amino-alcohol motifs (C(OH)–C–C–N with tert-alkyl or cyclic N) is 1. The molecule has 2 atom stereocenters. The lowest BCUT2D eigenvalue weighted by Gasteiger charge is -2.32. The van der Waals surface area contributed by atoms with Crippen molar-refractivity contribution in [3.05, 3.63) is 72.1 Å². The van der Waals surface area contributed by atoms with Gasteiger partial charge in [-0.05, 0) is 43.5 Å². The Hall–Kier alpha value is -3.82. The van der Waals surface area contributed by atoms with Gasteiger partial charge in [-0.25, -0.2) is 4.68 Å². The Bertz CT molecular complexity index is 1330. The number of piperidine rings is 1. The minimum absolute atomic E-state index is 0.367.